The quantitative estimate of drug-likeness (QED) is 0.753. The fourth-order valence-corrected chi connectivity index (χ4v) is 2.30. The second-order valence-electron chi connectivity index (χ2n) is 3.35. The molecule has 0 heterocycles. The van der Waals surface area contributed by atoms with Gasteiger partial charge in [-0.15, -0.1) is 0 Å². The lowest BCUT2D eigenvalue weighted by atomic mass is 10.3. The van der Waals surface area contributed by atoms with Crippen LogP contribution in [0.5, 0.6) is 5.75 Å². The standard InChI is InChI=1S/C13H11N2OS/c1-16-13-9-11(7-8-12(13)15-14)17-10-5-3-2-4-6-10/h2-9H,1H3/q+1. The highest BCUT2D eigenvalue weighted by atomic mass is 32.2. The van der Waals surface area contributed by atoms with Crippen molar-refractivity contribution in [1.29, 1.82) is 5.39 Å². The van der Waals surface area contributed by atoms with Crippen LogP contribution in [0.3, 0.4) is 0 Å². The number of ether oxygens (including phenoxy) is 1. The van der Waals surface area contributed by atoms with E-state index in [2.05, 4.69) is 4.98 Å². The molecule has 2 aromatic rings. The molecule has 0 radical (unpaired) electrons. The van der Waals surface area contributed by atoms with Gasteiger partial charge >= 0.3 is 5.69 Å². The van der Waals surface area contributed by atoms with Crippen molar-refractivity contribution in [1.82, 2.24) is 0 Å². The fourth-order valence-electron chi connectivity index (χ4n) is 1.43. The van der Waals surface area contributed by atoms with Gasteiger partial charge in [0.2, 0.25) is 11.1 Å². The minimum absolute atomic E-state index is 0.435. The number of hydrogen-bond donors (Lipinski definition) is 0. The summed E-state index contributed by atoms with van der Waals surface area (Å²) in [6.07, 6.45) is 0. The topological polar surface area (TPSA) is 37.4 Å². The van der Waals surface area contributed by atoms with E-state index in [9.17, 15) is 0 Å². The van der Waals surface area contributed by atoms with E-state index in [1.54, 1.807) is 24.9 Å². The first kappa shape index (κ1) is 11.5. The van der Waals surface area contributed by atoms with Gasteiger partial charge in [0.05, 0.1) is 7.11 Å². The summed E-state index contributed by atoms with van der Waals surface area (Å²) in [5, 5.41) is 8.77. The van der Waals surface area contributed by atoms with Gasteiger partial charge in [-0.1, -0.05) is 30.0 Å². The summed E-state index contributed by atoms with van der Waals surface area (Å²) in [4.78, 5) is 5.35. The summed E-state index contributed by atoms with van der Waals surface area (Å²) in [5.74, 6) is 0.563. The molecule has 84 valence electrons. The highest BCUT2D eigenvalue weighted by Crippen LogP contribution is 2.35. The molecular weight excluding hydrogens is 232 g/mol. The van der Waals surface area contributed by atoms with Gasteiger partial charge in [0.15, 0.2) is 4.98 Å². The second-order valence-corrected chi connectivity index (χ2v) is 4.50. The molecule has 4 heteroatoms. The molecule has 17 heavy (non-hydrogen) atoms. The monoisotopic (exact) mass is 243 g/mol. The van der Waals surface area contributed by atoms with Crippen molar-refractivity contribution >= 4 is 17.4 Å². The summed E-state index contributed by atoms with van der Waals surface area (Å²) in [5.41, 5.74) is 0.435. The lowest BCUT2D eigenvalue weighted by molar-refractivity contribution is 0.416. The lowest BCUT2D eigenvalue weighted by Gasteiger charge is -2.02. The Hall–Kier alpha value is -1.99. The van der Waals surface area contributed by atoms with E-state index >= 15 is 0 Å². The van der Waals surface area contributed by atoms with E-state index in [-0.39, 0.29) is 0 Å². The van der Waals surface area contributed by atoms with Crippen molar-refractivity contribution in [2.75, 3.05) is 7.11 Å². The van der Waals surface area contributed by atoms with Gasteiger partial charge in [-0.3, -0.25) is 0 Å². The summed E-state index contributed by atoms with van der Waals surface area (Å²) < 4.78 is 5.15. The molecule has 3 nitrogen and oxygen atoms in total. The Morgan fingerprint density at radius 1 is 1.06 bits per heavy atom. The Labute approximate surface area is 104 Å². The van der Waals surface area contributed by atoms with Crippen LogP contribution in [0.1, 0.15) is 0 Å². The van der Waals surface area contributed by atoms with Crippen LogP contribution in [0.4, 0.5) is 5.69 Å². The zero-order chi connectivity index (χ0) is 12.1. The molecule has 0 bridgehead atoms. The van der Waals surface area contributed by atoms with E-state index in [1.165, 1.54) is 0 Å². The van der Waals surface area contributed by atoms with Gasteiger partial charge in [0.1, 0.15) is 0 Å². The Bertz CT molecular complexity index is 549. The maximum atomic E-state index is 8.77. The van der Waals surface area contributed by atoms with Crippen LogP contribution in [-0.4, -0.2) is 7.11 Å². The van der Waals surface area contributed by atoms with Gasteiger partial charge < -0.3 is 4.74 Å². The first-order valence-corrected chi connectivity index (χ1v) is 5.91. The molecule has 0 unspecified atom stereocenters. The molecule has 0 aliphatic heterocycles. The van der Waals surface area contributed by atoms with Crippen LogP contribution >= 0.6 is 11.8 Å². The van der Waals surface area contributed by atoms with Crippen molar-refractivity contribution < 1.29 is 4.74 Å². The van der Waals surface area contributed by atoms with Crippen molar-refractivity contribution in [3.63, 3.8) is 0 Å². The first-order chi connectivity index (χ1) is 8.33. The largest absolute Gasteiger partial charge is 0.489 e. The number of diazo groups is 1. The normalized spacial score (nSPS) is 9.65. The number of nitrogens with zero attached hydrogens (tertiary/aromatic N) is 2. The average Bonchev–Trinajstić information content (AvgIpc) is 2.40. The number of benzene rings is 2. The highest BCUT2D eigenvalue weighted by molar-refractivity contribution is 7.99. The van der Waals surface area contributed by atoms with Crippen LogP contribution in [0.15, 0.2) is 58.3 Å². The summed E-state index contributed by atoms with van der Waals surface area (Å²) in [7, 11) is 1.56. The number of hydrogen-bond acceptors (Lipinski definition) is 3. The molecule has 2 rings (SSSR count). The van der Waals surface area contributed by atoms with E-state index in [1.807, 2.05) is 42.5 Å². The molecule has 0 aliphatic carbocycles. The number of methoxy groups -OCH3 is 1. The molecule has 0 aliphatic rings. The third-order valence-corrected chi connectivity index (χ3v) is 3.24. The molecule has 0 amide bonds. The van der Waals surface area contributed by atoms with E-state index in [0.29, 0.717) is 11.4 Å². The van der Waals surface area contributed by atoms with Gasteiger partial charge in [0.25, 0.3) is 0 Å². The SMILES string of the molecule is COc1cc(Sc2ccccc2)ccc1[N+]#N. The fraction of sp³-hybridized carbons (Fsp3) is 0.0769. The maximum absolute atomic E-state index is 8.77. The average molecular weight is 243 g/mol. The number of rotatable bonds is 3. The van der Waals surface area contributed by atoms with Gasteiger partial charge in [-0.25, -0.2) is 0 Å². The molecule has 0 N–H and O–H groups in total. The van der Waals surface area contributed by atoms with Crippen molar-refractivity contribution in [2.24, 2.45) is 0 Å². The van der Waals surface area contributed by atoms with E-state index in [4.69, 9.17) is 10.1 Å². The van der Waals surface area contributed by atoms with Crippen LogP contribution in [0, 0.1) is 5.39 Å². The van der Waals surface area contributed by atoms with Gasteiger partial charge in [-0.2, -0.15) is 0 Å². The minimum Gasteiger partial charge on any atom is -0.489 e. The van der Waals surface area contributed by atoms with Crippen LogP contribution < -0.4 is 4.74 Å². The highest BCUT2D eigenvalue weighted by Gasteiger charge is 2.14. The second kappa shape index (κ2) is 5.37. The van der Waals surface area contributed by atoms with Crippen molar-refractivity contribution in [3.05, 3.63) is 53.5 Å². The molecular formula is C13H11N2OS+. The first-order valence-electron chi connectivity index (χ1n) is 5.09. The Morgan fingerprint density at radius 2 is 1.82 bits per heavy atom. The molecule has 2 aromatic carbocycles. The molecule has 0 saturated heterocycles. The summed E-state index contributed by atoms with van der Waals surface area (Å²) in [6, 6.07) is 15.5. The maximum Gasteiger partial charge on any atom is 0.426 e. The summed E-state index contributed by atoms with van der Waals surface area (Å²) in [6.45, 7) is 0. The predicted octanol–water partition coefficient (Wildman–Crippen LogP) is 4.33. The zero-order valence-corrected chi connectivity index (χ0v) is 10.1. The van der Waals surface area contributed by atoms with Crippen LogP contribution in [0.25, 0.3) is 4.98 Å². The van der Waals surface area contributed by atoms with Crippen LogP contribution in [-0.2, 0) is 0 Å². The minimum atomic E-state index is 0.435. The van der Waals surface area contributed by atoms with Crippen molar-refractivity contribution in [3.8, 4) is 5.75 Å². The summed E-state index contributed by atoms with van der Waals surface area (Å²) >= 11 is 1.63. The van der Waals surface area contributed by atoms with Crippen LogP contribution in [0.2, 0.25) is 0 Å². The Morgan fingerprint density at radius 3 is 2.47 bits per heavy atom. The molecule has 0 atom stereocenters. The van der Waals surface area contributed by atoms with E-state index in [0.717, 1.165) is 9.79 Å². The van der Waals surface area contributed by atoms with Crippen molar-refractivity contribution in [2.45, 2.75) is 9.79 Å². The predicted molar refractivity (Wildman–Crippen MR) is 68.3 cm³/mol. The molecule has 0 fully saturated rings. The van der Waals surface area contributed by atoms with E-state index < -0.39 is 0 Å². The molecule has 0 saturated carbocycles. The molecule has 0 aromatic heterocycles. The Kier molecular flexibility index (Phi) is 3.63. The molecule has 0 spiro atoms. The van der Waals surface area contributed by atoms with Gasteiger partial charge in [0, 0.05) is 21.9 Å². The van der Waals surface area contributed by atoms with Gasteiger partial charge in [-0.05, 0) is 18.2 Å². The third kappa shape index (κ3) is 2.77. The zero-order valence-electron chi connectivity index (χ0n) is 9.33. The smallest absolute Gasteiger partial charge is 0.426 e. The Balaban J connectivity index is 2.26. The third-order valence-electron chi connectivity index (χ3n) is 2.24. The lowest BCUT2D eigenvalue weighted by Crippen LogP contribution is -1.83.